The van der Waals surface area contributed by atoms with Crippen molar-refractivity contribution in [3.63, 3.8) is 0 Å². The molecule has 1 aromatic heterocycles. The van der Waals surface area contributed by atoms with Crippen LogP contribution in [0, 0.1) is 0 Å². The summed E-state index contributed by atoms with van der Waals surface area (Å²) in [4.78, 5) is 12.4. The number of hydrogen-bond acceptors (Lipinski definition) is 4. The molecular formula is C16H18N2O2S. The van der Waals surface area contributed by atoms with E-state index in [4.69, 9.17) is 4.74 Å². The predicted octanol–water partition coefficient (Wildman–Crippen LogP) is 3.69. The number of amides is 1. The monoisotopic (exact) mass is 302 g/mol. The molecule has 110 valence electrons. The molecular weight excluding hydrogens is 284 g/mol. The van der Waals surface area contributed by atoms with Gasteiger partial charge in [0.2, 0.25) is 0 Å². The normalized spacial score (nSPS) is 11.5. The van der Waals surface area contributed by atoms with Crippen LogP contribution in [0.15, 0.2) is 46.9 Å². The molecule has 1 N–H and O–H groups in total. The molecule has 5 heteroatoms. The second-order valence-corrected chi connectivity index (χ2v) is 5.75. The Balaban J connectivity index is 2.00. The molecule has 0 atom stereocenters. The molecule has 2 aromatic rings. The van der Waals surface area contributed by atoms with Crippen molar-refractivity contribution in [2.75, 3.05) is 0 Å². The topological polar surface area (TPSA) is 50.7 Å². The Labute approximate surface area is 128 Å². The van der Waals surface area contributed by atoms with Crippen LogP contribution in [-0.2, 0) is 0 Å². The molecule has 0 aliphatic rings. The first-order valence-electron chi connectivity index (χ1n) is 6.71. The number of carbonyl (C=O) groups is 1. The van der Waals surface area contributed by atoms with Gasteiger partial charge < -0.3 is 4.74 Å². The minimum absolute atomic E-state index is 0.149. The van der Waals surface area contributed by atoms with Gasteiger partial charge in [-0.25, -0.2) is 5.43 Å². The largest absolute Gasteiger partial charge is 0.491 e. The molecule has 0 aliphatic carbocycles. The second-order valence-electron chi connectivity index (χ2n) is 4.81. The maximum Gasteiger partial charge on any atom is 0.281 e. The number of thiophene rings is 1. The molecule has 0 unspecified atom stereocenters. The van der Waals surface area contributed by atoms with Crippen molar-refractivity contribution in [1.29, 1.82) is 0 Å². The Hall–Kier alpha value is -2.14. The summed E-state index contributed by atoms with van der Waals surface area (Å²) in [5.41, 5.74) is 4.25. The lowest BCUT2D eigenvalue weighted by Gasteiger charge is -2.10. The smallest absolute Gasteiger partial charge is 0.281 e. The van der Waals surface area contributed by atoms with Gasteiger partial charge in [0, 0.05) is 0 Å². The number of nitrogens with one attached hydrogen (secondary N) is 1. The molecule has 4 nitrogen and oxygen atoms in total. The predicted molar refractivity (Wildman–Crippen MR) is 86.2 cm³/mol. The van der Waals surface area contributed by atoms with Crippen molar-refractivity contribution >= 4 is 23.0 Å². The van der Waals surface area contributed by atoms with Gasteiger partial charge in [-0.3, -0.25) is 4.79 Å². The van der Waals surface area contributed by atoms with E-state index in [9.17, 15) is 4.79 Å². The van der Waals surface area contributed by atoms with Crippen LogP contribution in [0.1, 0.15) is 36.0 Å². The highest BCUT2D eigenvalue weighted by molar-refractivity contribution is 7.12. The Bertz CT molecular complexity index is 616. The number of rotatable bonds is 5. The van der Waals surface area contributed by atoms with Gasteiger partial charge in [-0.15, -0.1) is 11.3 Å². The molecule has 0 fully saturated rings. The van der Waals surface area contributed by atoms with Crippen LogP contribution in [0.2, 0.25) is 0 Å². The Morgan fingerprint density at radius 2 is 1.95 bits per heavy atom. The zero-order chi connectivity index (χ0) is 15.2. The van der Waals surface area contributed by atoms with E-state index in [2.05, 4.69) is 10.5 Å². The van der Waals surface area contributed by atoms with E-state index in [1.165, 1.54) is 11.3 Å². The highest BCUT2D eigenvalue weighted by Gasteiger charge is 2.05. The summed E-state index contributed by atoms with van der Waals surface area (Å²) in [6.07, 6.45) is 0.149. The molecule has 0 bridgehead atoms. The van der Waals surface area contributed by atoms with Crippen LogP contribution < -0.4 is 10.2 Å². The highest BCUT2D eigenvalue weighted by Crippen LogP contribution is 2.14. The third-order valence-corrected chi connectivity index (χ3v) is 3.58. The maximum atomic E-state index is 11.8. The molecule has 21 heavy (non-hydrogen) atoms. The zero-order valence-electron chi connectivity index (χ0n) is 12.3. The van der Waals surface area contributed by atoms with E-state index >= 15 is 0 Å². The molecule has 1 heterocycles. The fraction of sp³-hybridized carbons (Fsp3) is 0.250. The van der Waals surface area contributed by atoms with Crippen molar-refractivity contribution in [3.8, 4) is 5.75 Å². The Kier molecular flexibility index (Phi) is 5.11. The average molecular weight is 302 g/mol. The molecule has 0 saturated heterocycles. The SMILES string of the molecule is C/C(=N/NC(=O)c1cccs1)c1ccc(OC(C)C)cc1. The Morgan fingerprint density at radius 3 is 2.52 bits per heavy atom. The fourth-order valence-electron chi connectivity index (χ4n) is 1.71. The fourth-order valence-corrected chi connectivity index (χ4v) is 2.32. The molecule has 2 rings (SSSR count). The number of benzene rings is 1. The van der Waals surface area contributed by atoms with Gasteiger partial charge in [0.25, 0.3) is 5.91 Å². The van der Waals surface area contributed by atoms with Gasteiger partial charge in [-0.2, -0.15) is 5.10 Å². The van der Waals surface area contributed by atoms with Crippen LogP contribution in [0.3, 0.4) is 0 Å². The van der Waals surface area contributed by atoms with Crippen LogP contribution in [-0.4, -0.2) is 17.7 Å². The first kappa shape index (κ1) is 15.3. The third kappa shape index (κ3) is 4.43. The lowest BCUT2D eigenvalue weighted by Crippen LogP contribution is -2.18. The number of hydrazone groups is 1. The van der Waals surface area contributed by atoms with E-state index in [0.717, 1.165) is 17.0 Å². The summed E-state index contributed by atoms with van der Waals surface area (Å²) in [6.45, 7) is 5.83. The van der Waals surface area contributed by atoms with Crippen molar-refractivity contribution in [2.45, 2.75) is 26.9 Å². The van der Waals surface area contributed by atoms with Gasteiger partial charge >= 0.3 is 0 Å². The lowest BCUT2D eigenvalue weighted by molar-refractivity contribution is 0.0959. The van der Waals surface area contributed by atoms with E-state index in [0.29, 0.717) is 4.88 Å². The van der Waals surface area contributed by atoms with Crippen molar-refractivity contribution in [2.24, 2.45) is 5.10 Å². The second kappa shape index (κ2) is 7.04. The van der Waals surface area contributed by atoms with E-state index in [-0.39, 0.29) is 12.0 Å². The Morgan fingerprint density at radius 1 is 1.24 bits per heavy atom. The van der Waals surface area contributed by atoms with Gasteiger partial charge in [0.05, 0.1) is 16.7 Å². The maximum absolute atomic E-state index is 11.8. The van der Waals surface area contributed by atoms with Crippen LogP contribution >= 0.6 is 11.3 Å². The van der Waals surface area contributed by atoms with Gasteiger partial charge in [-0.05, 0) is 62.0 Å². The minimum atomic E-state index is -0.191. The van der Waals surface area contributed by atoms with Gasteiger partial charge in [-0.1, -0.05) is 6.07 Å². The summed E-state index contributed by atoms with van der Waals surface area (Å²) < 4.78 is 5.59. The van der Waals surface area contributed by atoms with E-state index in [1.54, 1.807) is 6.07 Å². The van der Waals surface area contributed by atoms with E-state index < -0.39 is 0 Å². The summed E-state index contributed by atoms with van der Waals surface area (Å²) >= 11 is 1.39. The van der Waals surface area contributed by atoms with Gasteiger partial charge in [0.15, 0.2) is 0 Å². The number of ether oxygens (including phenoxy) is 1. The molecule has 0 radical (unpaired) electrons. The van der Waals surface area contributed by atoms with Crippen molar-refractivity contribution in [3.05, 3.63) is 52.2 Å². The minimum Gasteiger partial charge on any atom is -0.491 e. The van der Waals surface area contributed by atoms with Crippen molar-refractivity contribution in [1.82, 2.24) is 5.43 Å². The van der Waals surface area contributed by atoms with Gasteiger partial charge in [0.1, 0.15) is 5.75 Å². The summed E-state index contributed by atoms with van der Waals surface area (Å²) in [7, 11) is 0. The number of nitrogens with zero attached hydrogens (tertiary/aromatic N) is 1. The van der Waals surface area contributed by atoms with Crippen LogP contribution in [0.5, 0.6) is 5.75 Å². The highest BCUT2D eigenvalue weighted by atomic mass is 32.1. The standard InChI is InChI=1S/C16H18N2O2S/c1-11(2)20-14-8-6-13(7-9-14)12(3)17-18-16(19)15-5-4-10-21-15/h4-11H,1-3H3,(H,18,19)/b17-12-. The van der Waals surface area contributed by atoms with Crippen molar-refractivity contribution < 1.29 is 9.53 Å². The molecule has 0 saturated carbocycles. The third-order valence-electron chi connectivity index (χ3n) is 2.71. The summed E-state index contributed by atoms with van der Waals surface area (Å²) in [5.74, 6) is 0.633. The van der Waals surface area contributed by atoms with E-state index in [1.807, 2.05) is 56.5 Å². The van der Waals surface area contributed by atoms with Crippen LogP contribution in [0.25, 0.3) is 0 Å². The molecule has 0 aliphatic heterocycles. The average Bonchev–Trinajstić information content (AvgIpc) is 2.99. The molecule has 1 aromatic carbocycles. The summed E-state index contributed by atoms with van der Waals surface area (Å²) in [6, 6.07) is 11.2. The number of hydrogen-bond donors (Lipinski definition) is 1. The molecule has 0 spiro atoms. The number of carbonyl (C=O) groups excluding carboxylic acids is 1. The summed E-state index contributed by atoms with van der Waals surface area (Å²) in [5, 5.41) is 5.98. The lowest BCUT2D eigenvalue weighted by atomic mass is 10.1. The van der Waals surface area contributed by atoms with Crippen LogP contribution in [0.4, 0.5) is 0 Å². The zero-order valence-corrected chi connectivity index (χ0v) is 13.1. The first-order chi connectivity index (χ1) is 10.1. The quantitative estimate of drug-likeness (QED) is 0.676. The first-order valence-corrected chi connectivity index (χ1v) is 7.59. The molecule has 1 amide bonds.